The second-order valence-corrected chi connectivity index (χ2v) is 3.78. The maximum absolute atomic E-state index is 11.6. The van der Waals surface area contributed by atoms with Gasteiger partial charge in [0.2, 0.25) is 0 Å². The minimum absolute atomic E-state index is 0.237. The summed E-state index contributed by atoms with van der Waals surface area (Å²) in [6.45, 7) is 2.58. The van der Waals surface area contributed by atoms with E-state index in [0.29, 0.717) is 18.9 Å². The van der Waals surface area contributed by atoms with E-state index in [4.69, 9.17) is 5.73 Å². The van der Waals surface area contributed by atoms with Gasteiger partial charge in [0.05, 0.1) is 0 Å². The molecule has 0 aromatic carbocycles. The van der Waals surface area contributed by atoms with Crippen molar-refractivity contribution in [3.63, 3.8) is 0 Å². The number of nitrogens with one attached hydrogen (secondary N) is 1. The van der Waals surface area contributed by atoms with E-state index in [9.17, 15) is 4.79 Å². The Morgan fingerprint density at radius 2 is 2.38 bits per heavy atom. The third-order valence-corrected chi connectivity index (χ3v) is 2.63. The molecule has 1 aromatic rings. The van der Waals surface area contributed by atoms with Crippen molar-refractivity contribution in [2.45, 2.75) is 19.8 Å². The molecule has 0 saturated heterocycles. The lowest BCUT2D eigenvalue weighted by molar-refractivity contribution is 0.0950. The second-order valence-electron chi connectivity index (χ2n) is 3.78. The van der Waals surface area contributed by atoms with Crippen LogP contribution in [0.25, 0.3) is 0 Å². The fraction of sp³-hybridized carbons (Fsp3) is 0.500. The van der Waals surface area contributed by atoms with E-state index >= 15 is 0 Å². The molecule has 0 saturated carbocycles. The number of ketones is 1. The summed E-state index contributed by atoms with van der Waals surface area (Å²) in [6, 6.07) is 1.93. The molecular weight excluding hydrogens is 164 g/mol. The molecule has 0 bridgehead atoms. The molecule has 1 aromatic heterocycles. The summed E-state index contributed by atoms with van der Waals surface area (Å²) < 4.78 is 0. The topological polar surface area (TPSA) is 58.9 Å². The van der Waals surface area contributed by atoms with Crippen LogP contribution in [0, 0.1) is 12.8 Å². The highest BCUT2D eigenvalue weighted by atomic mass is 16.1. The Bertz CT molecular complexity index is 341. The molecule has 3 nitrogen and oxygen atoms in total. The Kier molecular flexibility index (Phi) is 1.96. The van der Waals surface area contributed by atoms with Crippen LogP contribution >= 0.6 is 0 Å². The van der Waals surface area contributed by atoms with Crippen molar-refractivity contribution in [1.82, 2.24) is 4.98 Å². The van der Waals surface area contributed by atoms with E-state index in [1.54, 1.807) is 0 Å². The fourth-order valence-electron chi connectivity index (χ4n) is 1.95. The highest BCUT2D eigenvalue weighted by molar-refractivity contribution is 5.98. The minimum atomic E-state index is 0.237. The normalized spacial score (nSPS) is 21.7. The molecule has 1 atom stereocenters. The minimum Gasteiger partial charge on any atom is -0.362 e. The summed E-state index contributed by atoms with van der Waals surface area (Å²) in [5.41, 5.74) is 8.58. The first-order valence-corrected chi connectivity index (χ1v) is 4.62. The summed E-state index contributed by atoms with van der Waals surface area (Å²) in [5, 5.41) is 0. The molecule has 0 spiro atoms. The van der Waals surface area contributed by atoms with Crippen LogP contribution in [0.4, 0.5) is 0 Å². The number of carbonyl (C=O) groups excluding carboxylic acids is 1. The van der Waals surface area contributed by atoms with Crippen molar-refractivity contribution >= 4 is 5.78 Å². The summed E-state index contributed by atoms with van der Waals surface area (Å²) in [6.07, 6.45) is 1.53. The lowest BCUT2D eigenvalue weighted by Crippen LogP contribution is -2.25. The molecule has 0 aliphatic heterocycles. The van der Waals surface area contributed by atoms with Gasteiger partial charge in [-0.15, -0.1) is 0 Å². The third kappa shape index (κ3) is 1.40. The maximum Gasteiger partial charge on any atom is 0.165 e. The Balaban J connectivity index is 2.36. The van der Waals surface area contributed by atoms with Crippen molar-refractivity contribution in [3.05, 3.63) is 23.0 Å². The lowest BCUT2D eigenvalue weighted by Gasteiger charge is -2.18. The smallest absolute Gasteiger partial charge is 0.165 e. The van der Waals surface area contributed by atoms with Crippen LogP contribution in [-0.4, -0.2) is 17.3 Å². The van der Waals surface area contributed by atoms with Crippen molar-refractivity contribution in [2.24, 2.45) is 11.7 Å². The first-order chi connectivity index (χ1) is 6.20. The van der Waals surface area contributed by atoms with Crippen LogP contribution in [0.3, 0.4) is 0 Å². The van der Waals surface area contributed by atoms with Gasteiger partial charge in [-0.25, -0.2) is 0 Å². The number of H-pyrrole nitrogens is 1. The van der Waals surface area contributed by atoms with E-state index in [1.165, 1.54) is 0 Å². The number of rotatable bonds is 1. The van der Waals surface area contributed by atoms with Gasteiger partial charge < -0.3 is 10.7 Å². The van der Waals surface area contributed by atoms with Crippen molar-refractivity contribution < 1.29 is 4.79 Å². The molecule has 0 amide bonds. The average Bonchev–Trinajstić information content (AvgIpc) is 2.46. The Labute approximate surface area is 77.3 Å². The SMILES string of the molecule is Cc1cc2c([nH]1)CC(CN)CC2=O. The van der Waals surface area contributed by atoms with Gasteiger partial charge in [-0.2, -0.15) is 0 Å². The lowest BCUT2D eigenvalue weighted by atomic mass is 9.87. The first kappa shape index (κ1) is 8.51. The number of aromatic nitrogens is 1. The number of fused-ring (bicyclic) bond motifs is 1. The van der Waals surface area contributed by atoms with E-state index in [2.05, 4.69) is 4.98 Å². The molecule has 0 fully saturated rings. The van der Waals surface area contributed by atoms with Gasteiger partial charge in [-0.1, -0.05) is 0 Å². The number of carbonyl (C=O) groups is 1. The monoisotopic (exact) mass is 178 g/mol. The fourth-order valence-corrected chi connectivity index (χ4v) is 1.95. The molecule has 1 unspecified atom stereocenters. The van der Waals surface area contributed by atoms with Crippen LogP contribution in [-0.2, 0) is 6.42 Å². The number of Topliss-reactive ketones (excluding diaryl/α,β-unsaturated/α-hetero) is 1. The first-order valence-electron chi connectivity index (χ1n) is 4.62. The van der Waals surface area contributed by atoms with Crippen LogP contribution in [0.15, 0.2) is 6.07 Å². The van der Waals surface area contributed by atoms with E-state index in [0.717, 1.165) is 23.4 Å². The van der Waals surface area contributed by atoms with Gasteiger partial charge in [0.1, 0.15) is 0 Å². The van der Waals surface area contributed by atoms with E-state index < -0.39 is 0 Å². The molecule has 1 heterocycles. The summed E-state index contributed by atoms with van der Waals surface area (Å²) in [5.74, 6) is 0.569. The zero-order valence-corrected chi connectivity index (χ0v) is 7.76. The molecule has 1 aliphatic carbocycles. The van der Waals surface area contributed by atoms with Crippen LogP contribution < -0.4 is 5.73 Å². The summed E-state index contributed by atoms with van der Waals surface area (Å²) >= 11 is 0. The zero-order chi connectivity index (χ0) is 9.42. The van der Waals surface area contributed by atoms with Gasteiger partial charge in [0, 0.05) is 23.4 Å². The maximum atomic E-state index is 11.6. The van der Waals surface area contributed by atoms with Gasteiger partial charge >= 0.3 is 0 Å². The predicted molar refractivity (Wildman–Crippen MR) is 50.7 cm³/mol. The van der Waals surface area contributed by atoms with Crippen LogP contribution in [0.2, 0.25) is 0 Å². The van der Waals surface area contributed by atoms with Crippen LogP contribution in [0.1, 0.15) is 28.2 Å². The van der Waals surface area contributed by atoms with Gasteiger partial charge in [-0.05, 0) is 31.9 Å². The molecule has 3 N–H and O–H groups in total. The Hall–Kier alpha value is -1.09. The molecule has 2 rings (SSSR count). The highest BCUT2D eigenvalue weighted by Crippen LogP contribution is 2.24. The predicted octanol–water partition coefficient (Wildman–Crippen LogP) is 1.03. The second kappa shape index (κ2) is 3.00. The third-order valence-electron chi connectivity index (χ3n) is 2.63. The molecule has 70 valence electrons. The number of hydrogen-bond donors (Lipinski definition) is 2. The van der Waals surface area contributed by atoms with Gasteiger partial charge in [0.25, 0.3) is 0 Å². The van der Waals surface area contributed by atoms with Crippen molar-refractivity contribution in [3.8, 4) is 0 Å². The zero-order valence-electron chi connectivity index (χ0n) is 7.76. The summed E-state index contributed by atoms with van der Waals surface area (Å²) in [4.78, 5) is 14.8. The molecular formula is C10H14N2O. The molecule has 3 heteroatoms. The summed E-state index contributed by atoms with van der Waals surface area (Å²) in [7, 11) is 0. The van der Waals surface area contributed by atoms with E-state index in [1.807, 2.05) is 13.0 Å². The molecule has 13 heavy (non-hydrogen) atoms. The number of aryl methyl sites for hydroxylation is 1. The number of aromatic amines is 1. The van der Waals surface area contributed by atoms with Crippen molar-refractivity contribution in [1.29, 1.82) is 0 Å². The molecule has 0 radical (unpaired) electrons. The highest BCUT2D eigenvalue weighted by Gasteiger charge is 2.25. The molecule has 1 aliphatic rings. The van der Waals surface area contributed by atoms with E-state index in [-0.39, 0.29) is 5.78 Å². The largest absolute Gasteiger partial charge is 0.362 e. The Morgan fingerprint density at radius 1 is 1.62 bits per heavy atom. The van der Waals surface area contributed by atoms with Gasteiger partial charge in [0.15, 0.2) is 5.78 Å². The number of hydrogen-bond acceptors (Lipinski definition) is 2. The van der Waals surface area contributed by atoms with Gasteiger partial charge in [-0.3, -0.25) is 4.79 Å². The van der Waals surface area contributed by atoms with Crippen LogP contribution in [0.5, 0.6) is 0 Å². The quantitative estimate of drug-likeness (QED) is 0.674. The Morgan fingerprint density at radius 3 is 3.08 bits per heavy atom. The number of nitrogens with two attached hydrogens (primary N) is 1. The van der Waals surface area contributed by atoms with Crippen molar-refractivity contribution in [2.75, 3.05) is 6.54 Å². The average molecular weight is 178 g/mol. The standard InChI is InChI=1S/C10H14N2O/c1-6-2-8-9(12-6)3-7(5-11)4-10(8)13/h2,7,12H,3-5,11H2,1H3.